The third-order valence-corrected chi connectivity index (χ3v) is 4.64. The molecule has 1 aromatic carbocycles. The molecule has 1 fully saturated rings. The average molecular weight is 326 g/mol. The highest BCUT2D eigenvalue weighted by Gasteiger charge is 2.26. The lowest BCUT2D eigenvalue weighted by Gasteiger charge is -2.33. The molecule has 0 amide bonds. The van der Waals surface area contributed by atoms with E-state index in [0.29, 0.717) is 12.1 Å². The first-order valence-electron chi connectivity index (χ1n) is 7.09. The van der Waals surface area contributed by atoms with E-state index in [1.54, 1.807) is 0 Å². The molecule has 0 radical (unpaired) electrons. The molecule has 2 aliphatic rings. The second-order valence-electron chi connectivity index (χ2n) is 5.54. The summed E-state index contributed by atoms with van der Waals surface area (Å²) in [6.07, 6.45) is 4.92. The van der Waals surface area contributed by atoms with Crippen LogP contribution in [0.3, 0.4) is 0 Å². The van der Waals surface area contributed by atoms with Gasteiger partial charge in [0.05, 0.1) is 12.7 Å². The van der Waals surface area contributed by atoms with Gasteiger partial charge in [0, 0.05) is 28.5 Å². The molecule has 1 unspecified atom stereocenters. The Balaban J connectivity index is 1.71. The molecule has 1 saturated carbocycles. The second-order valence-corrected chi connectivity index (χ2v) is 6.46. The van der Waals surface area contributed by atoms with Gasteiger partial charge in [0.1, 0.15) is 5.75 Å². The average Bonchev–Trinajstić information content (AvgIpc) is 2.42. The van der Waals surface area contributed by atoms with Crippen LogP contribution in [0.4, 0.5) is 0 Å². The van der Waals surface area contributed by atoms with E-state index >= 15 is 0 Å². The van der Waals surface area contributed by atoms with Crippen molar-refractivity contribution in [1.29, 1.82) is 0 Å². The maximum Gasteiger partial charge on any atom is 0.124 e. The zero-order valence-electron chi connectivity index (χ0n) is 10.9. The van der Waals surface area contributed by atoms with Gasteiger partial charge in [-0.15, -0.1) is 0 Å². The first-order chi connectivity index (χ1) is 9.22. The minimum Gasteiger partial charge on any atom is -0.493 e. The molecule has 1 atom stereocenters. The van der Waals surface area contributed by atoms with E-state index in [4.69, 9.17) is 4.74 Å². The fourth-order valence-corrected chi connectivity index (χ4v) is 3.44. The second kappa shape index (κ2) is 5.81. The van der Waals surface area contributed by atoms with Crippen LogP contribution in [0.15, 0.2) is 22.7 Å². The highest BCUT2D eigenvalue weighted by atomic mass is 79.9. The summed E-state index contributed by atoms with van der Waals surface area (Å²) in [5, 5.41) is 13.3. The van der Waals surface area contributed by atoms with Crippen molar-refractivity contribution in [1.82, 2.24) is 5.32 Å². The van der Waals surface area contributed by atoms with E-state index in [0.717, 1.165) is 48.9 Å². The molecule has 0 bridgehead atoms. The van der Waals surface area contributed by atoms with Gasteiger partial charge in [-0.3, -0.25) is 0 Å². The Hall–Kier alpha value is -0.580. The Kier molecular flexibility index (Phi) is 4.10. The summed E-state index contributed by atoms with van der Waals surface area (Å²) in [5.74, 6) is 1.00. The van der Waals surface area contributed by atoms with Gasteiger partial charge in [0.15, 0.2) is 0 Å². The van der Waals surface area contributed by atoms with Crippen LogP contribution in [0.5, 0.6) is 5.75 Å². The molecule has 104 valence electrons. The van der Waals surface area contributed by atoms with E-state index in [9.17, 15) is 5.11 Å². The van der Waals surface area contributed by atoms with Gasteiger partial charge < -0.3 is 15.2 Å². The summed E-state index contributed by atoms with van der Waals surface area (Å²) in [6.45, 7) is 0.779. The van der Waals surface area contributed by atoms with Crippen LogP contribution in [-0.4, -0.2) is 23.9 Å². The third kappa shape index (κ3) is 3.12. The molecule has 3 nitrogen and oxygen atoms in total. The summed E-state index contributed by atoms with van der Waals surface area (Å²) in [6, 6.07) is 7.12. The van der Waals surface area contributed by atoms with E-state index in [-0.39, 0.29) is 6.10 Å². The number of hydrogen-bond acceptors (Lipinski definition) is 3. The van der Waals surface area contributed by atoms with Crippen LogP contribution in [0, 0.1) is 0 Å². The minimum atomic E-state index is -0.0887. The predicted molar refractivity (Wildman–Crippen MR) is 78.4 cm³/mol. The Morgan fingerprint density at radius 3 is 2.74 bits per heavy atom. The van der Waals surface area contributed by atoms with Crippen molar-refractivity contribution in [3.8, 4) is 5.75 Å². The van der Waals surface area contributed by atoms with Gasteiger partial charge in [-0.2, -0.15) is 0 Å². The molecule has 0 spiro atoms. The normalized spacial score (nSPS) is 30.5. The Bertz CT molecular complexity index is 444. The maximum atomic E-state index is 9.57. The Morgan fingerprint density at radius 1 is 1.16 bits per heavy atom. The molecule has 19 heavy (non-hydrogen) atoms. The van der Waals surface area contributed by atoms with Crippen LogP contribution in [0.2, 0.25) is 0 Å². The molecule has 0 aromatic heterocycles. The van der Waals surface area contributed by atoms with E-state index < -0.39 is 0 Å². The molecule has 1 aliphatic heterocycles. The lowest BCUT2D eigenvalue weighted by molar-refractivity contribution is 0.111. The molecule has 1 aromatic rings. The zero-order valence-corrected chi connectivity index (χ0v) is 12.5. The zero-order chi connectivity index (χ0) is 13.2. The van der Waals surface area contributed by atoms with Crippen LogP contribution >= 0.6 is 15.9 Å². The van der Waals surface area contributed by atoms with Gasteiger partial charge in [0.2, 0.25) is 0 Å². The predicted octanol–water partition coefficient (Wildman–Crippen LogP) is 3.17. The van der Waals surface area contributed by atoms with Gasteiger partial charge in [-0.25, -0.2) is 0 Å². The Morgan fingerprint density at radius 2 is 1.95 bits per heavy atom. The van der Waals surface area contributed by atoms with Gasteiger partial charge in [-0.1, -0.05) is 15.9 Å². The lowest BCUT2D eigenvalue weighted by atomic mass is 9.91. The number of fused-ring (bicyclic) bond motifs is 1. The topological polar surface area (TPSA) is 41.5 Å². The molecule has 2 N–H and O–H groups in total. The minimum absolute atomic E-state index is 0.0887. The maximum absolute atomic E-state index is 9.57. The van der Waals surface area contributed by atoms with Crippen molar-refractivity contribution in [3.63, 3.8) is 0 Å². The highest BCUT2D eigenvalue weighted by Crippen LogP contribution is 2.35. The van der Waals surface area contributed by atoms with Crippen molar-refractivity contribution in [2.75, 3.05) is 6.61 Å². The summed E-state index contributed by atoms with van der Waals surface area (Å²) < 4.78 is 6.81. The van der Waals surface area contributed by atoms with Gasteiger partial charge in [-0.05, 0) is 43.9 Å². The van der Waals surface area contributed by atoms with E-state index in [1.165, 1.54) is 5.56 Å². The summed E-state index contributed by atoms with van der Waals surface area (Å²) in [5.41, 5.74) is 1.26. The summed E-state index contributed by atoms with van der Waals surface area (Å²) in [4.78, 5) is 0. The van der Waals surface area contributed by atoms with Crippen LogP contribution in [0.25, 0.3) is 0 Å². The van der Waals surface area contributed by atoms with Crippen molar-refractivity contribution in [3.05, 3.63) is 28.2 Å². The lowest BCUT2D eigenvalue weighted by Crippen LogP contribution is -2.38. The molecule has 4 heteroatoms. The SMILES string of the molecule is OC1CCC(NC2CCOc3ccc(Br)cc32)CC1. The standard InChI is InChI=1S/C15H20BrNO2/c16-10-1-6-15-13(9-10)14(7-8-19-15)17-11-2-4-12(18)5-3-11/h1,6,9,11-12,14,17-18H,2-5,7-8H2. The first-order valence-corrected chi connectivity index (χ1v) is 7.88. The smallest absolute Gasteiger partial charge is 0.124 e. The summed E-state index contributed by atoms with van der Waals surface area (Å²) in [7, 11) is 0. The highest BCUT2D eigenvalue weighted by molar-refractivity contribution is 9.10. The number of rotatable bonds is 2. The van der Waals surface area contributed by atoms with Crippen molar-refractivity contribution >= 4 is 15.9 Å². The summed E-state index contributed by atoms with van der Waals surface area (Å²) >= 11 is 3.53. The van der Waals surface area contributed by atoms with E-state index in [1.807, 2.05) is 12.1 Å². The molecule has 3 rings (SSSR count). The van der Waals surface area contributed by atoms with E-state index in [2.05, 4.69) is 27.3 Å². The molecular formula is C15H20BrNO2. The number of halogens is 1. The monoisotopic (exact) mass is 325 g/mol. The number of nitrogens with one attached hydrogen (secondary N) is 1. The van der Waals surface area contributed by atoms with Gasteiger partial charge in [0.25, 0.3) is 0 Å². The van der Waals surface area contributed by atoms with Crippen LogP contribution in [0.1, 0.15) is 43.7 Å². The third-order valence-electron chi connectivity index (χ3n) is 4.14. The van der Waals surface area contributed by atoms with Crippen LogP contribution in [-0.2, 0) is 0 Å². The van der Waals surface area contributed by atoms with Crippen molar-refractivity contribution in [2.45, 2.75) is 50.3 Å². The molecule has 1 aliphatic carbocycles. The molecule has 1 heterocycles. The number of benzene rings is 1. The number of aliphatic hydroxyl groups is 1. The fraction of sp³-hybridized carbons (Fsp3) is 0.600. The van der Waals surface area contributed by atoms with Crippen LogP contribution < -0.4 is 10.1 Å². The first kappa shape index (κ1) is 13.4. The number of ether oxygens (including phenoxy) is 1. The largest absolute Gasteiger partial charge is 0.493 e. The molecular weight excluding hydrogens is 306 g/mol. The van der Waals surface area contributed by atoms with Crippen molar-refractivity contribution < 1.29 is 9.84 Å². The molecule has 0 saturated heterocycles. The number of hydrogen-bond donors (Lipinski definition) is 2. The fourth-order valence-electron chi connectivity index (χ4n) is 3.07. The van der Waals surface area contributed by atoms with Gasteiger partial charge >= 0.3 is 0 Å². The number of aliphatic hydroxyl groups excluding tert-OH is 1. The van der Waals surface area contributed by atoms with Crippen molar-refractivity contribution in [2.24, 2.45) is 0 Å². The Labute approximate surface area is 122 Å². The quantitative estimate of drug-likeness (QED) is 0.877.